The van der Waals surface area contributed by atoms with E-state index in [4.69, 9.17) is 32.9 Å². The maximum absolute atomic E-state index is 13.0. The van der Waals surface area contributed by atoms with Gasteiger partial charge in [-0.2, -0.15) is 0 Å². The molecule has 0 radical (unpaired) electrons. The van der Waals surface area contributed by atoms with Crippen LogP contribution in [0.4, 0.5) is 5.69 Å². The number of nitrogens with one attached hydrogen (secondary N) is 1. The largest absolute Gasteiger partial charge is 0.494 e. The lowest BCUT2D eigenvalue weighted by molar-refractivity contribution is 0.102. The molecule has 1 aromatic carbocycles. The first-order chi connectivity index (χ1) is 14.1. The fraction of sp³-hybridized carbons (Fsp3) is 0.0476. The van der Waals surface area contributed by atoms with Crippen molar-refractivity contribution in [3.8, 4) is 17.0 Å². The average Bonchev–Trinajstić information content (AvgIpc) is 2.75. The number of hydrogen-bond donors (Lipinski definition) is 1. The second-order valence-electron chi connectivity index (χ2n) is 6.08. The van der Waals surface area contributed by atoms with Crippen molar-refractivity contribution in [1.29, 1.82) is 0 Å². The molecular formula is C21H14Cl2N4O2. The summed E-state index contributed by atoms with van der Waals surface area (Å²) in [4.78, 5) is 25.7. The Morgan fingerprint density at radius 2 is 1.79 bits per heavy atom. The van der Waals surface area contributed by atoms with Crippen LogP contribution in [-0.4, -0.2) is 28.0 Å². The zero-order valence-corrected chi connectivity index (χ0v) is 16.7. The number of methoxy groups -OCH3 is 1. The van der Waals surface area contributed by atoms with E-state index in [0.717, 1.165) is 11.3 Å². The number of pyridine rings is 3. The van der Waals surface area contributed by atoms with Gasteiger partial charge in [0, 0.05) is 41.3 Å². The molecule has 6 nitrogen and oxygen atoms in total. The number of fused-ring (bicyclic) bond motifs is 1. The van der Waals surface area contributed by atoms with E-state index < -0.39 is 0 Å². The maximum atomic E-state index is 13.0. The molecule has 4 aromatic rings. The van der Waals surface area contributed by atoms with Gasteiger partial charge < -0.3 is 10.1 Å². The zero-order chi connectivity index (χ0) is 20.4. The Bertz CT molecular complexity index is 1200. The number of carbonyl (C=O) groups excluding carboxylic acids is 1. The van der Waals surface area contributed by atoms with E-state index in [1.165, 1.54) is 12.4 Å². The summed E-state index contributed by atoms with van der Waals surface area (Å²) in [7, 11) is 1.56. The third kappa shape index (κ3) is 3.72. The molecule has 1 amide bonds. The van der Waals surface area contributed by atoms with E-state index in [-0.39, 0.29) is 16.0 Å². The summed E-state index contributed by atoms with van der Waals surface area (Å²) in [6.07, 6.45) is 6.25. The second-order valence-corrected chi connectivity index (χ2v) is 6.90. The van der Waals surface area contributed by atoms with Crippen LogP contribution < -0.4 is 10.1 Å². The highest BCUT2D eigenvalue weighted by atomic mass is 35.5. The molecule has 0 saturated heterocycles. The molecule has 0 fully saturated rings. The maximum Gasteiger partial charge on any atom is 0.256 e. The summed E-state index contributed by atoms with van der Waals surface area (Å²) in [6.45, 7) is 0. The summed E-state index contributed by atoms with van der Waals surface area (Å²) in [5.74, 6) is 0.186. The number of ether oxygens (including phenoxy) is 1. The molecule has 0 aliphatic carbocycles. The molecule has 0 bridgehead atoms. The quantitative estimate of drug-likeness (QED) is 0.483. The van der Waals surface area contributed by atoms with E-state index in [1.54, 1.807) is 31.6 Å². The Balaban J connectivity index is 1.80. The molecule has 0 aliphatic rings. The molecule has 0 spiro atoms. The number of carbonyl (C=O) groups is 1. The number of hydrogen-bond acceptors (Lipinski definition) is 5. The van der Waals surface area contributed by atoms with E-state index in [9.17, 15) is 4.79 Å². The molecular weight excluding hydrogens is 411 g/mol. The first-order valence-corrected chi connectivity index (χ1v) is 9.32. The molecule has 0 saturated carbocycles. The van der Waals surface area contributed by atoms with E-state index in [2.05, 4.69) is 15.3 Å². The number of aromatic nitrogens is 3. The number of rotatable bonds is 4. The summed E-state index contributed by atoms with van der Waals surface area (Å²) >= 11 is 12.2. The van der Waals surface area contributed by atoms with Crippen molar-refractivity contribution >= 4 is 45.7 Å². The number of benzene rings is 1. The van der Waals surface area contributed by atoms with Crippen LogP contribution in [0.2, 0.25) is 10.0 Å². The highest BCUT2D eigenvalue weighted by Gasteiger charge is 2.17. The Labute approximate surface area is 176 Å². The summed E-state index contributed by atoms with van der Waals surface area (Å²) in [6, 6.07) is 10.8. The van der Waals surface area contributed by atoms with Crippen molar-refractivity contribution in [2.45, 2.75) is 0 Å². The lowest BCUT2D eigenvalue weighted by Gasteiger charge is -2.13. The molecule has 144 valence electrons. The third-order valence-corrected chi connectivity index (χ3v) is 4.91. The van der Waals surface area contributed by atoms with Crippen molar-refractivity contribution < 1.29 is 9.53 Å². The van der Waals surface area contributed by atoms with E-state index in [0.29, 0.717) is 27.9 Å². The van der Waals surface area contributed by atoms with Crippen molar-refractivity contribution in [1.82, 2.24) is 15.0 Å². The number of anilines is 1. The standard InChI is InChI=1S/C21H14Cl2N4O2/c1-29-18-7-5-14(21(28)27-20-15(22)10-25-11-16(20)23)13-4-6-17(26-19(13)18)12-3-2-8-24-9-12/h2-11H,1H3,(H,25,27,28). The third-order valence-electron chi connectivity index (χ3n) is 4.33. The lowest BCUT2D eigenvalue weighted by Crippen LogP contribution is -2.13. The fourth-order valence-electron chi connectivity index (χ4n) is 2.94. The van der Waals surface area contributed by atoms with Crippen LogP contribution in [0.1, 0.15) is 10.4 Å². The molecule has 0 aliphatic heterocycles. The van der Waals surface area contributed by atoms with Gasteiger partial charge in [0.15, 0.2) is 0 Å². The van der Waals surface area contributed by atoms with Crippen molar-refractivity contribution in [2.75, 3.05) is 12.4 Å². The van der Waals surface area contributed by atoms with Crippen molar-refractivity contribution in [3.05, 3.63) is 76.8 Å². The number of amides is 1. The topological polar surface area (TPSA) is 77.0 Å². The summed E-state index contributed by atoms with van der Waals surface area (Å²) in [5.41, 5.74) is 2.86. The van der Waals surface area contributed by atoms with Gasteiger partial charge in [-0.15, -0.1) is 0 Å². The van der Waals surface area contributed by atoms with Gasteiger partial charge >= 0.3 is 0 Å². The van der Waals surface area contributed by atoms with Gasteiger partial charge in [0.05, 0.1) is 28.5 Å². The highest BCUT2D eigenvalue weighted by molar-refractivity contribution is 6.39. The first-order valence-electron chi connectivity index (χ1n) is 8.57. The highest BCUT2D eigenvalue weighted by Crippen LogP contribution is 2.32. The Kier molecular flexibility index (Phi) is 5.29. The van der Waals surface area contributed by atoms with Gasteiger partial charge in [-0.3, -0.25) is 14.8 Å². The predicted octanol–water partition coefficient (Wildman–Crippen LogP) is 5.26. The Hall–Kier alpha value is -3.22. The molecule has 3 aromatic heterocycles. The monoisotopic (exact) mass is 424 g/mol. The lowest BCUT2D eigenvalue weighted by atomic mass is 10.0. The van der Waals surface area contributed by atoms with E-state index in [1.807, 2.05) is 24.3 Å². The number of halogens is 2. The SMILES string of the molecule is COc1ccc(C(=O)Nc2c(Cl)cncc2Cl)c2ccc(-c3cccnc3)nc12. The minimum Gasteiger partial charge on any atom is -0.494 e. The molecule has 4 rings (SSSR count). The first kappa shape index (κ1) is 19.1. The van der Waals surface area contributed by atoms with Crippen molar-refractivity contribution in [2.24, 2.45) is 0 Å². The van der Waals surface area contributed by atoms with E-state index >= 15 is 0 Å². The van der Waals surface area contributed by atoms with Crippen molar-refractivity contribution in [3.63, 3.8) is 0 Å². The number of nitrogens with zero attached hydrogens (tertiary/aromatic N) is 3. The molecule has 3 heterocycles. The average molecular weight is 425 g/mol. The Morgan fingerprint density at radius 1 is 1.00 bits per heavy atom. The van der Waals surface area contributed by atoms with Crippen LogP contribution in [0.3, 0.4) is 0 Å². The van der Waals surface area contributed by atoms with Gasteiger partial charge in [-0.05, 0) is 36.4 Å². The van der Waals surface area contributed by atoms with Crippen LogP contribution in [0.15, 0.2) is 61.2 Å². The van der Waals surface area contributed by atoms with Crippen LogP contribution in [0.25, 0.3) is 22.2 Å². The van der Waals surface area contributed by atoms with Crippen LogP contribution >= 0.6 is 23.2 Å². The van der Waals surface area contributed by atoms with Crippen LogP contribution in [0.5, 0.6) is 5.75 Å². The molecule has 0 unspecified atom stereocenters. The molecule has 0 atom stereocenters. The van der Waals surface area contributed by atoms with Gasteiger partial charge in [0.2, 0.25) is 0 Å². The smallest absolute Gasteiger partial charge is 0.256 e. The zero-order valence-electron chi connectivity index (χ0n) is 15.2. The minimum atomic E-state index is -0.372. The Morgan fingerprint density at radius 3 is 2.48 bits per heavy atom. The van der Waals surface area contributed by atoms with Crippen LogP contribution in [0, 0.1) is 0 Å². The van der Waals surface area contributed by atoms with Gasteiger partial charge in [0.1, 0.15) is 11.3 Å². The molecule has 1 N–H and O–H groups in total. The van der Waals surface area contributed by atoms with Crippen LogP contribution in [-0.2, 0) is 0 Å². The van der Waals surface area contributed by atoms with Gasteiger partial charge in [-0.25, -0.2) is 4.98 Å². The second kappa shape index (κ2) is 8.03. The predicted molar refractivity (Wildman–Crippen MR) is 114 cm³/mol. The summed E-state index contributed by atoms with van der Waals surface area (Å²) in [5, 5.41) is 3.89. The molecule has 8 heteroatoms. The normalized spacial score (nSPS) is 10.7. The van der Waals surface area contributed by atoms with Gasteiger partial charge in [0.25, 0.3) is 5.91 Å². The fourth-order valence-corrected chi connectivity index (χ4v) is 3.40. The minimum absolute atomic E-state index is 0.251. The van der Waals surface area contributed by atoms with Gasteiger partial charge in [-0.1, -0.05) is 23.2 Å². The molecule has 29 heavy (non-hydrogen) atoms. The summed E-state index contributed by atoms with van der Waals surface area (Å²) < 4.78 is 5.45.